The second-order valence-electron chi connectivity index (χ2n) is 11.7. The van der Waals surface area contributed by atoms with Gasteiger partial charge < -0.3 is 34.6 Å². The number of aliphatic hydroxyl groups excluding tert-OH is 4. The van der Waals surface area contributed by atoms with Gasteiger partial charge in [0, 0.05) is 17.0 Å². The number of hydrogen-bond donors (Lipinski definition) is 4. The molecule has 0 radical (unpaired) electrons. The van der Waals surface area contributed by atoms with E-state index < -0.39 is 45.2 Å². The first kappa shape index (κ1) is 31.5. The van der Waals surface area contributed by atoms with Gasteiger partial charge in [0.1, 0.15) is 42.0 Å². The molecule has 4 rings (SSSR count). The van der Waals surface area contributed by atoms with Crippen LogP contribution in [0.25, 0.3) is 0 Å². The molecule has 222 valence electrons. The van der Waals surface area contributed by atoms with E-state index in [0.29, 0.717) is 24.3 Å². The van der Waals surface area contributed by atoms with Crippen LogP contribution in [0.15, 0.2) is 60.7 Å². The van der Waals surface area contributed by atoms with Crippen LogP contribution in [0.3, 0.4) is 0 Å². The maximum absolute atomic E-state index is 10.7. The Balaban J connectivity index is 1.69. The number of benzene rings is 3. The lowest BCUT2D eigenvalue weighted by Crippen LogP contribution is -2.55. The van der Waals surface area contributed by atoms with Gasteiger partial charge in [0.2, 0.25) is 0 Å². The van der Waals surface area contributed by atoms with Gasteiger partial charge in [0.25, 0.3) is 0 Å². The van der Waals surface area contributed by atoms with Crippen molar-refractivity contribution in [3.63, 3.8) is 0 Å². The Hall–Kier alpha value is -2.43. The van der Waals surface area contributed by atoms with E-state index in [-0.39, 0.29) is 5.54 Å². The summed E-state index contributed by atoms with van der Waals surface area (Å²) in [6.07, 6.45) is -5.60. The van der Waals surface area contributed by atoms with Gasteiger partial charge in [-0.25, -0.2) is 0 Å². The highest BCUT2D eigenvalue weighted by atomic mass is 35.5. The number of ether oxygens (including phenoxy) is 3. The topological polar surface area (TPSA) is 109 Å². The van der Waals surface area contributed by atoms with E-state index in [1.807, 2.05) is 37.3 Å². The molecule has 6 atom stereocenters. The zero-order chi connectivity index (χ0) is 29.9. The average Bonchev–Trinajstić information content (AvgIpc) is 2.94. The van der Waals surface area contributed by atoms with E-state index in [1.165, 1.54) is 5.56 Å². The summed E-state index contributed by atoms with van der Waals surface area (Å²) < 4.78 is 17.1. The second-order valence-corrected chi connectivity index (χ2v) is 17.4. The molecule has 0 bridgehead atoms. The maximum atomic E-state index is 10.7. The highest BCUT2D eigenvalue weighted by molar-refractivity contribution is 6.78. The summed E-state index contributed by atoms with van der Waals surface area (Å²) in [5.41, 5.74) is 4.96. The molecular weight excluding hydrogens is 560 g/mol. The summed E-state index contributed by atoms with van der Waals surface area (Å²) in [5.74, 6) is 1.51. The minimum atomic E-state index is -1.79. The van der Waals surface area contributed by atoms with Gasteiger partial charge in [-0.05, 0) is 65.1 Å². The summed E-state index contributed by atoms with van der Waals surface area (Å²) in [7, 11) is -0.185. The molecule has 1 saturated heterocycles. The van der Waals surface area contributed by atoms with Gasteiger partial charge in [-0.15, -0.1) is 0 Å². The molecule has 3 aromatic carbocycles. The van der Waals surface area contributed by atoms with Crippen LogP contribution in [-0.4, -0.2) is 73.2 Å². The highest BCUT2D eigenvalue weighted by Gasteiger charge is 2.44. The second kappa shape index (κ2) is 13.3. The average molecular weight is 601 g/mol. The Kier molecular flexibility index (Phi) is 10.2. The monoisotopic (exact) mass is 600 g/mol. The van der Waals surface area contributed by atoms with Crippen LogP contribution < -0.4 is 9.47 Å². The third-order valence-electron chi connectivity index (χ3n) is 7.68. The first-order valence-electron chi connectivity index (χ1n) is 14.0. The lowest BCUT2D eigenvalue weighted by atomic mass is 9.89. The minimum absolute atomic E-state index is 0.160. The van der Waals surface area contributed by atoms with Crippen molar-refractivity contribution in [1.82, 2.24) is 0 Å². The van der Waals surface area contributed by atoms with Crippen LogP contribution in [0.5, 0.6) is 11.5 Å². The fraction of sp³-hybridized carbons (Fsp3) is 0.438. The van der Waals surface area contributed by atoms with Gasteiger partial charge in [-0.2, -0.15) is 0 Å². The Morgan fingerprint density at radius 2 is 1.63 bits per heavy atom. The van der Waals surface area contributed by atoms with Crippen molar-refractivity contribution < 1.29 is 34.6 Å². The lowest BCUT2D eigenvalue weighted by molar-refractivity contribution is -0.231. The van der Waals surface area contributed by atoms with Gasteiger partial charge in [-0.3, -0.25) is 0 Å². The lowest BCUT2D eigenvalue weighted by Gasteiger charge is -2.40. The molecule has 1 fully saturated rings. The molecule has 0 spiro atoms. The van der Waals surface area contributed by atoms with Crippen molar-refractivity contribution in [1.29, 1.82) is 0 Å². The van der Waals surface area contributed by atoms with Crippen LogP contribution >= 0.6 is 11.6 Å². The number of methoxy groups -OCH3 is 1. The molecule has 0 aliphatic carbocycles. The molecular formula is C32H41ClO7Si. The molecule has 7 nitrogen and oxygen atoms in total. The highest BCUT2D eigenvalue weighted by Crippen LogP contribution is 2.40. The van der Waals surface area contributed by atoms with Crippen LogP contribution in [0, 0.1) is 0 Å². The van der Waals surface area contributed by atoms with E-state index in [1.54, 1.807) is 19.2 Å². The van der Waals surface area contributed by atoms with Crippen molar-refractivity contribution in [2.45, 2.75) is 69.0 Å². The van der Waals surface area contributed by atoms with Crippen molar-refractivity contribution in [2.24, 2.45) is 0 Å². The van der Waals surface area contributed by atoms with Gasteiger partial charge in [0.15, 0.2) is 0 Å². The summed E-state index contributed by atoms with van der Waals surface area (Å²) in [5, 5.41) is 41.5. The predicted octanol–water partition coefficient (Wildman–Crippen LogP) is 4.86. The Morgan fingerprint density at radius 3 is 2.24 bits per heavy atom. The number of aliphatic hydroxyl groups is 4. The van der Waals surface area contributed by atoms with Crippen molar-refractivity contribution in [2.75, 3.05) is 20.3 Å². The number of hydrogen-bond acceptors (Lipinski definition) is 7. The molecule has 3 aromatic rings. The molecule has 1 unspecified atom stereocenters. The predicted molar refractivity (Wildman–Crippen MR) is 163 cm³/mol. The standard InChI is InChI=1S/C32H41ClO7Si/c1-6-39-23-11-8-20(9-12-23)32(41(3,4)5)24-16-19(7-13-25(24)33)15-22-17-21(10-14-26(22)38-2)31-30(37)29(36)28(35)27(18-34)40-31/h7-14,16-17,27-32,34-37H,6,15,18H2,1-5H3/t27-,28-,29+,30-,31+,32?/m1/s1. The molecule has 1 aliphatic rings. The molecule has 41 heavy (non-hydrogen) atoms. The third-order valence-corrected chi connectivity index (χ3v) is 10.4. The molecule has 1 heterocycles. The molecule has 1 aliphatic heterocycles. The summed E-state index contributed by atoms with van der Waals surface area (Å²) in [4.78, 5) is 0. The normalized spacial score (nSPS) is 23.7. The quantitative estimate of drug-likeness (QED) is 0.246. The van der Waals surface area contributed by atoms with E-state index >= 15 is 0 Å². The van der Waals surface area contributed by atoms with Gasteiger partial charge >= 0.3 is 0 Å². The Morgan fingerprint density at radius 1 is 0.927 bits per heavy atom. The van der Waals surface area contributed by atoms with Crippen molar-refractivity contribution in [3.05, 3.63) is 93.5 Å². The van der Waals surface area contributed by atoms with Crippen LogP contribution in [-0.2, 0) is 11.2 Å². The fourth-order valence-corrected chi connectivity index (χ4v) is 8.39. The SMILES string of the molecule is CCOc1ccc(C(c2cc(Cc3cc([C@@H]4O[C@H](CO)[C@@H](O)[C@H](O)[C@H]4O)ccc3OC)ccc2Cl)[Si](C)(C)C)cc1. The van der Waals surface area contributed by atoms with Crippen molar-refractivity contribution in [3.8, 4) is 11.5 Å². The Bertz CT molecular complexity index is 1310. The third kappa shape index (κ3) is 6.97. The zero-order valence-corrected chi connectivity index (χ0v) is 26.0. The van der Waals surface area contributed by atoms with E-state index in [4.69, 9.17) is 25.8 Å². The largest absolute Gasteiger partial charge is 0.496 e. The van der Waals surface area contributed by atoms with Gasteiger partial charge in [0.05, 0.1) is 28.4 Å². The van der Waals surface area contributed by atoms with Crippen LogP contribution in [0.2, 0.25) is 24.7 Å². The maximum Gasteiger partial charge on any atom is 0.122 e. The van der Waals surface area contributed by atoms with Crippen LogP contribution in [0.4, 0.5) is 0 Å². The first-order chi connectivity index (χ1) is 19.5. The first-order valence-corrected chi connectivity index (χ1v) is 17.9. The summed E-state index contributed by atoms with van der Waals surface area (Å²) >= 11 is 6.85. The molecule has 9 heteroatoms. The van der Waals surface area contributed by atoms with E-state index in [9.17, 15) is 20.4 Å². The minimum Gasteiger partial charge on any atom is -0.496 e. The molecule has 0 saturated carbocycles. The molecule has 0 aromatic heterocycles. The van der Waals surface area contributed by atoms with Crippen LogP contribution in [0.1, 0.15) is 46.4 Å². The smallest absolute Gasteiger partial charge is 0.122 e. The molecule has 4 N–H and O–H groups in total. The fourth-order valence-electron chi connectivity index (χ4n) is 5.70. The van der Waals surface area contributed by atoms with E-state index in [0.717, 1.165) is 27.5 Å². The van der Waals surface area contributed by atoms with E-state index in [2.05, 4.69) is 37.8 Å². The van der Waals surface area contributed by atoms with Gasteiger partial charge in [-0.1, -0.05) is 61.6 Å². The molecule has 0 amide bonds. The van der Waals surface area contributed by atoms with Crippen molar-refractivity contribution >= 4 is 19.7 Å². The Labute approximate surface area is 248 Å². The summed E-state index contributed by atoms with van der Waals surface area (Å²) in [6.45, 7) is 9.12. The zero-order valence-electron chi connectivity index (χ0n) is 24.3. The number of rotatable bonds is 10. The number of halogens is 1. The summed E-state index contributed by atoms with van der Waals surface area (Å²) in [6, 6.07) is 19.8.